The van der Waals surface area contributed by atoms with Gasteiger partial charge in [0.15, 0.2) is 5.82 Å². The molecule has 1 N–H and O–H groups in total. The van der Waals surface area contributed by atoms with Gasteiger partial charge in [-0.2, -0.15) is 4.98 Å². The fourth-order valence-corrected chi connectivity index (χ4v) is 5.01. The summed E-state index contributed by atoms with van der Waals surface area (Å²) in [6.07, 6.45) is 3.92. The Morgan fingerprint density at radius 3 is 2.96 bits per heavy atom. The summed E-state index contributed by atoms with van der Waals surface area (Å²) in [6.45, 7) is 6.80. The maximum atomic E-state index is 12.8. The Labute approximate surface area is 161 Å². The Hall–Kier alpha value is -2.06. The van der Waals surface area contributed by atoms with Crippen LogP contribution in [0.2, 0.25) is 0 Å². The number of H-pyrrole nitrogens is 1. The lowest BCUT2D eigenvalue weighted by atomic mass is 9.89. The van der Waals surface area contributed by atoms with Gasteiger partial charge in [0, 0.05) is 11.3 Å². The van der Waals surface area contributed by atoms with Crippen molar-refractivity contribution < 1.29 is 4.52 Å². The largest absolute Gasteiger partial charge is 0.338 e. The molecule has 0 spiro atoms. The minimum Gasteiger partial charge on any atom is -0.338 e. The summed E-state index contributed by atoms with van der Waals surface area (Å²) in [4.78, 5) is 29.2. The van der Waals surface area contributed by atoms with E-state index in [9.17, 15) is 4.79 Å². The fourth-order valence-electron chi connectivity index (χ4n) is 3.62. The maximum Gasteiger partial charge on any atom is 0.259 e. The van der Waals surface area contributed by atoms with Gasteiger partial charge < -0.3 is 9.51 Å². The summed E-state index contributed by atoms with van der Waals surface area (Å²) in [6, 6.07) is -0.0721. The number of fused-ring (bicyclic) bond motifs is 3. The van der Waals surface area contributed by atoms with Gasteiger partial charge >= 0.3 is 0 Å². The van der Waals surface area contributed by atoms with Gasteiger partial charge in [-0.05, 0) is 44.7 Å². The molecule has 0 bridgehead atoms. The second-order valence-corrected chi connectivity index (χ2v) is 8.62. The zero-order valence-corrected chi connectivity index (χ0v) is 17.0. The summed E-state index contributed by atoms with van der Waals surface area (Å²) in [5.41, 5.74) is 1.20. The van der Waals surface area contributed by atoms with Crippen LogP contribution in [-0.2, 0) is 25.8 Å². The first-order chi connectivity index (χ1) is 13.0. The van der Waals surface area contributed by atoms with Crippen molar-refractivity contribution >= 4 is 21.6 Å². The molecule has 27 heavy (non-hydrogen) atoms. The van der Waals surface area contributed by atoms with Gasteiger partial charge in [0.05, 0.1) is 18.0 Å². The van der Waals surface area contributed by atoms with Crippen LogP contribution in [0.15, 0.2) is 9.32 Å². The molecule has 2 unspecified atom stereocenters. The van der Waals surface area contributed by atoms with Crippen molar-refractivity contribution in [1.82, 2.24) is 25.0 Å². The second-order valence-electron chi connectivity index (χ2n) is 7.53. The van der Waals surface area contributed by atoms with Gasteiger partial charge in [0.2, 0.25) is 5.89 Å². The Morgan fingerprint density at radius 2 is 2.22 bits per heavy atom. The smallest absolute Gasteiger partial charge is 0.259 e. The number of nitrogens with zero attached hydrogens (tertiary/aromatic N) is 4. The van der Waals surface area contributed by atoms with E-state index in [1.54, 1.807) is 11.3 Å². The van der Waals surface area contributed by atoms with E-state index in [4.69, 9.17) is 9.51 Å². The van der Waals surface area contributed by atoms with Crippen LogP contribution < -0.4 is 5.56 Å². The predicted molar refractivity (Wildman–Crippen MR) is 105 cm³/mol. The van der Waals surface area contributed by atoms with Crippen LogP contribution in [-0.4, -0.2) is 32.1 Å². The van der Waals surface area contributed by atoms with Crippen molar-refractivity contribution in [2.24, 2.45) is 5.92 Å². The number of rotatable bonds is 5. The van der Waals surface area contributed by atoms with Crippen LogP contribution in [0, 0.1) is 5.92 Å². The first kappa shape index (κ1) is 18.3. The lowest BCUT2D eigenvalue weighted by Gasteiger charge is -2.22. The molecule has 0 fully saturated rings. The van der Waals surface area contributed by atoms with E-state index in [2.05, 4.69) is 22.0 Å². The average molecular weight is 388 g/mol. The molecule has 7 nitrogen and oxygen atoms in total. The van der Waals surface area contributed by atoms with Gasteiger partial charge in [0.25, 0.3) is 5.56 Å². The predicted octanol–water partition coefficient (Wildman–Crippen LogP) is 3.25. The molecule has 0 saturated heterocycles. The molecule has 0 radical (unpaired) electrons. The van der Waals surface area contributed by atoms with E-state index < -0.39 is 0 Å². The molecular formula is C19H25N5O2S. The summed E-state index contributed by atoms with van der Waals surface area (Å²) in [7, 11) is 1.96. The lowest BCUT2D eigenvalue weighted by Crippen LogP contribution is -2.26. The second kappa shape index (κ2) is 7.16. The van der Waals surface area contributed by atoms with Crippen molar-refractivity contribution in [3.8, 4) is 0 Å². The first-order valence-electron chi connectivity index (χ1n) is 9.52. The maximum absolute atomic E-state index is 12.8. The van der Waals surface area contributed by atoms with Crippen LogP contribution in [0.25, 0.3) is 10.2 Å². The molecule has 1 aliphatic rings. The van der Waals surface area contributed by atoms with E-state index in [0.29, 0.717) is 30.0 Å². The van der Waals surface area contributed by atoms with E-state index in [0.717, 1.165) is 35.9 Å². The molecule has 1 aliphatic carbocycles. The highest BCUT2D eigenvalue weighted by Crippen LogP contribution is 2.36. The van der Waals surface area contributed by atoms with E-state index >= 15 is 0 Å². The van der Waals surface area contributed by atoms with E-state index in [-0.39, 0.29) is 11.6 Å². The number of nitrogens with one attached hydrogen (secondary N) is 1. The molecule has 3 heterocycles. The highest BCUT2D eigenvalue weighted by atomic mass is 32.1. The molecule has 4 rings (SSSR count). The van der Waals surface area contributed by atoms with Crippen molar-refractivity contribution in [3.05, 3.63) is 38.3 Å². The normalized spacial score (nSPS) is 18.2. The monoisotopic (exact) mass is 387 g/mol. The van der Waals surface area contributed by atoms with E-state index in [1.807, 2.05) is 25.8 Å². The third kappa shape index (κ3) is 3.43. The topological polar surface area (TPSA) is 87.9 Å². The van der Waals surface area contributed by atoms with Gasteiger partial charge in [-0.15, -0.1) is 11.3 Å². The van der Waals surface area contributed by atoms with Crippen molar-refractivity contribution in [2.75, 3.05) is 7.05 Å². The van der Waals surface area contributed by atoms with Gasteiger partial charge in [-0.3, -0.25) is 9.69 Å². The summed E-state index contributed by atoms with van der Waals surface area (Å²) in [5.74, 6) is 2.64. The number of aromatic amines is 1. The Morgan fingerprint density at radius 1 is 1.41 bits per heavy atom. The minimum absolute atomic E-state index is 0.0200. The number of aryl methyl sites for hydroxylation is 2. The van der Waals surface area contributed by atoms with Crippen molar-refractivity contribution in [3.63, 3.8) is 0 Å². The van der Waals surface area contributed by atoms with Crippen LogP contribution >= 0.6 is 11.3 Å². The van der Waals surface area contributed by atoms with Crippen molar-refractivity contribution in [2.45, 2.75) is 59.0 Å². The lowest BCUT2D eigenvalue weighted by molar-refractivity contribution is 0.210. The highest BCUT2D eigenvalue weighted by Gasteiger charge is 2.24. The molecule has 3 aromatic heterocycles. The zero-order valence-electron chi connectivity index (χ0n) is 16.2. The third-order valence-electron chi connectivity index (χ3n) is 5.45. The minimum atomic E-state index is -0.0721. The average Bonchev–Trinajstić information content (AvgIpc) is 3.24. The Bertz CT molecular complexity index is 1020. The number of hydrogen-bond acceptors (Lipinski definition) is 7. The summed E-state index contributed by atoms with van der Waals surface area (Å²) in [5, 5.41) is 4.73. The Kier molecular flexibility index (Phi) is 4.86. The Balaban J connectivity index is 1.62. The van der Waals surface area contributed by atoms with Crippen LogP contribution in [0.5, 0.6) is 0 Å². The van der Waals surface area contributed by atoms with Crippen LogP contribution in [0.4, 0.5) is 0 Å². The van der Waals surface area contributed by atoms with Gasteiger partial charge in [-0.25, -0.2) is 4.98 Å². The SMILES string of the molecule is CCc1noc(CN(C)C(C)c2nc3sc4c(c3c(=O)[nH]2)CCC(C)C4)n1. The molecule has 3 aromatic rings. The molecular weight excluding hydrogens is 362 g/mol. The molecule has 2 atom stereocenters. The molecule has 144 valence electrons. The standard InChI is InChI=1S/C19H25N5O2S/c1-5-14-20-15(26-23-14)9-24(4)11(3)17-21-18(25)16-12-7-6-10(2)8-13(12)27-19(16)22-17/h10-11H,5-9H2,1-4H3,(H,21,22,25). The first-order valence-corrected chi connectivity index (χ1v) is 10.3. The number of thiophene rings is 1. The van der Waals surface area contributed by atoms with Crippen LogP contribution in [0.3, 0.4) is 0 Å². The number of hydrogen-bond donors (Lipinski definition) is 1. The quantitative estimate of drug-likeness (QED) is 0.723. The number of aromatic nitrogens is 4. The molecule has 0 aromatic carbocycles. The summed E-state index contributed by atoms with van der Waals surface area (Å²) < 4.78 is 5.28. The third-order valence-corrected chi connectivity index (χ3v) is 6.60. The molecule has 0 saturated carbocycles. The van der Waals surface area contributed by atoms with Crippen LogP contribution in [0.1, 0.15) is 61.2 Å². The summed E-state index contributed by atoms with van der Waals surface area (Å²) >= 11 is 1.68. The van der Waals surface area contributed by atoms with E-state index in [1.165, 1.54) is 10.4 Å². The highest BCUT2D eigenvalue weighted by molar-refractivity contribution is 7.18. The fraction of sp³-hybridized carbons (Fsp3) is 0.579. The van der Waals surface area contributed by atoms with Gasteiger partial charge in [-0.1, -0.05) is 19.0 Å². The van der Waals surface area contributed by atoms with Gasteiger partial charge in [0.1, 0.15) is 10.7 Å². The molecule has 0 aliphatic heterocycles. The molecule has 0 amide bonds. The zero-order chi connectivity index (χ0) is 19.1. The van der Waals surface area contributed by atoms with Crippen molar-refractivity contribution in [1.29, 1.82) is 0 Å². The molecule has 8 heteroatoms.